The van der Waals surface area contributed by atoms with Crippen LogP contribution in [0.4, 0.5) is 0 Å². The SMILES string of the molecule is Cc1ccccc1OCCCN=C(N)N1CCCC(C)C1. The van der Waals surface area contributed by atoms with Gasteiger partial charge in [0.2, 0.25) is 0 Å². The summed E-state index contributed by atoms with van der Waals surface area (Å²) in [7, 11) is 0. The van der Waals surface area contributed by atoms with Crippen molar-refractivity contribution in [3.05, 3.63) is 29.8 Å². The maximum atomic E-state index is 6.06. The van der Waals surface area contributed by atoms with Gasteiger partial charge in [0.05, 0.1) is 6.61 Å². The van der Waals surface area contributed by atoms with Crippen LogP contribution in [0.15, 0.2) is 29.3 Å². The summed E-state index contributed by atoms with van der Waals surface area (Å²) in [6.45, 7) is 7.81. The number of piperidine rings is 1. The number of aryl methyl sites for hydroxylation is 1. The van der Waals surface area contributed by atoms with Crippen LogP contribution in [0.5, 0.6) is 5.75 Å². The van der Waals surface area contributed by atoms with E-state index in [1.807, 2.05) is 18.2 Å². The lowest BCUT2D eigenvalue weighted by Crippen LogP contribution is -2.43. The summed E-state index contributed by atoms with van der Waals surface area (Å²) in [5.74, 6) is 2.37. The Morgan fingerprint density at radius 3 is 3.00 bits per heavy atom. The highest BCUT2D eigenvalue weighted by Gasteiger charge is 2.17. The zero-order chi connectivity index (χ0) is 15.1. The summed E-state index contributed by atoms with van der Waals surface area (Å²) in [5, 5.41) is 0. The van der Waals surface area contributed by atoms with Crippen LogP contribution in [0, 0.1) is 12.8 Å². The standard InChI is InChI=1S/C17H27N3O/c1-14-7-5-11-20(13-14)17(18)19-10-6-12-21-16-9-4-3-8-15(16)2/h3-4,8-9,14H,5-7,10-13H2,1-2H3,(H2,18,19). The number of nitrogens with zero attached hydrogens (tertiary/aromatic N) is 2. The van der Waals surface area contributed by atoms with Crippen molar-refractivity contribution in [2.75, 3.05) is 26.2 Å². The van der Waals surface area contributed by atoms with Gasteiger partial charge in [0, 0.05) is 26.1 Å². The van der Waals surface area contributed by atoms with Crippen molar-refractivity contribution in [3.63, 3.8) is 0 Å². The molecule has 1 fully saturated rings. The first kappa shape index (κ1) is 15.7. The number of benzene rings is 1. The summed E-state index contributed by atoms with van der Waals surface area (Å²) in [5.41, 5.74) is 7.23. The van der Waals surface area contributed by atoms with Crippen LogP contribution in [0.3, 0.4) is 0 Å². The van der Waals surface area contributed by atoms with E-state index in [4.69, 9.17) is 10.5 Å². The predicted octanol–water partition coefficient (Wildman–Crippen LogP) is 2.81. The molecule has 1 saturated heterocycles. The van der Waals surface area contributed by atoms with Gasteiger partial charge in [-0.05, 0) is 37.3 Å². The number of aliphatic imine (C=N–C) groups is 1. The van der Waals surface area contributed by atoms with E-state index in [1.165, 1.54) is 18.4 Å². The van der Waals surface area contributed by atoms with Gasteiger partial charge in [-0.1, -0.05) is 25.1 Å². The van der Waals surface area contributed by atoms with Gasteiger partial charge >= 0.3 is 0 Å². The average Bonchev–Trinajstić information content (AvgIpc) is 2.48. The Hall–Kier alpha value is -1.71. The molecule has 2 N–H and O–H groups in total. The Balaban J connectivity index is 1.69. The number of guanidine groups is 1. The average molecular weight is 289 g/mol. The number of hydrogen-bond acceptors (Lipinski definition) is 2. The second-order valence-corrected chi connectivity index (χ2v) is 5.90. The molecule has 1 aliphatic rings. The molecule has 116 valence electrons. The van der Waals surface area contributed by atoms with Gasteiger partial charge in [-0.3, -0.25) is 4.99 Å². The Kier molecular flexibility index (Phi) is 5.90. The predicted molar refractivity (Wildman–Crippen MR) is 87.8 cm³/mol. The highest BCUT2D eigenvalue weighted by atomic mass is 16.5. The van der Waals surface area contributed by atoms with Crippen molar-refractivity contribution in [1.82, 2.24) is 4.90 Å². The number of likely N-dealkylation sites (tertiary alicyclic amines) is 1. The van der Waals surface area contributed by atoms with Crippen LogP contribution in [0.25, 0.3) is 0 Å². The van der Waals surface area contributed by atoms with Crippen molar-refractivity contribution in [1.29, 1.82) is 0 Å². The molecule has 1 aromatic rings. The molecule has 2 rings (SSSR count). The molecule has 1 heterocycles. The van der Waals surface area contributed by atoms with Crippen LogP contribution in [-0.2, 0) is 0 Å². The Bertz CT molecular complexity index is 473. The van der Waals surface area contributed by atoms with Gasteiger partial charge in [0.1, 0.15) is 5.75 Å². The second kappa shape index (κ2) is 7.91. The molecular formula is C17H27N3O. The van der Waals surface area contributed by atoms with Crippen LogP contribution < -0.4 is 10.5 Å². The smallest absolute Gasteiger partial charge is 0.191 e. The number of ether oxygens (including phenoxy) is 1. The largest absolute Gasteiger partial charge is 0.493 e. The van der Waals surface area contributed by atoms with E-state index in [9.17, 15) is 0 Å². The van der Waals surface area contributed by atoms with Gasteiger partial charge in [0.15, 0.2) is 5.96 Å². The number of rotatable bonds is 5. The lowest BCUT2D eigenvalue weighted by molar-refractivity contribution is 0.269. The third-order valence-electron chi connectivity index (χ3n) is 3.91. The zero-order valence-electron chi connectivity index (χ0n) is 13.2. The second-order valence-electron chi connectivity index (χ2n) is 5.90. The van der Waals surface area contributed by atoms with E-state index in [0.29, 0.717) is 12.6 Å². The third kappa shape index (κ3) is 4.96. The topological polar surface area (TPSA) is 50.9 Å². The molecule has 4 nitrogen and oxygen atoms in total. The maximum Gasteiger partial charge on any atom is 0.191 e. The lowest BCUT2D eigenvalue weighted by atomic mass is 10.0. The van der Waals surface area contributed by atoms with Crippen molar-refractivity contribution in [2.24, 2.45) is 16.6 Å². The number of para-hydroxylation sites is 1. The molecule has 0 radical (unpaired) electrons. The minimum absolute atomic E-state index is 0.679. The van der Waals surface area contributed by atoms with E-state index in [2.05, 4.69) is 29.8 Å². The maximum absolute atomic E-state index is 6.06. The van der Waals surface area contributed by atoms with E-state index >= 15 is 0 Å². The minimum atomic E-state index is 0.679. The first-order valence-electron chi connectivity index (χ1n) is 7.90. The molecule has 1 aliphatic heterocycles. The molecule has 1 aromatic carbocycles. The minimum Gasteiger partial charge on any atom is -0.493 e. The van der Waals surface area contributed by atoms with Crippen LogP contribution in [0.1, 0.15) is 31.7 Å². The fourth-order valence-corrected chi connectivity index (χ4v) is 2.66. The first-order chi connectivity index (χ1) is 10.2. The van der Waals surface area contributed by atoms with E-state index in [-0.39, 0.29) is 0 Å². The van der Waals surface area contributed by atoms with Crippen molar-refractivity contribution in [3.8, 4) is 5.75 Å². The molecule has 0 aromatic heterocycles. The highest BCUT2D eigenvalue weighted by Crippen LogP contribution is 2.16. The van der Waals surface area contributed by atoms with Crippen LogP contribution in [0.2, 0.25) is 0 Å². The molecule has 1 unspecified atom stereocenters. The summed E-state index contributed by atoms with van der Waals surface area (Å²) >= 11 is 0. The summed E-state index contributed by atoms with van der Waals surface area (Å²) in [4.78, 5) is 6.68. The van der Waals surface area contributed by atoms with Crippen molar-refractivity contribution in [2.45, 2.75) is 33.1 Å². The summed E-state index contributed by atoms with van der Waals surface area (Å²) in [6, 6.07) is 8.08. The highest BCUT2D eigenvalue weighted by molar-refractivity contribution is 5.78. The Morgan fingerprint density at radius 2 is 2.24 bits per heavy atom. The molecular weight excluding hydrogens is 262 g/mol. The lowest BCUT2D eigenvalue weighted by Gasteiger charge is -2.31. The summed E-state index contributed by atoms with van der Waals surface area (Å²) < 4.78 is 5.76. The van der Waals surface area contributed by atoms with Crippen LogP contribution in [-0.4, -0.2) is 37.1 Å². The molecule has 0 aliphatic carbocycles. The molecule has 4 heteroatoms. The number of nitrogens with two attached hydrogens (primary N) is 1. The quantitative estimate of drug-likeness (QED) is 0.515. The van der Waals surface area contributed by atoms with Gasteiger partial charge in [0.25, 0.3) is 0 Å². The fraction of sp³-hybridized carbons (Fsp3) is 0.588. The van der Waals surface area contributed by atoms with Gasteiger partial charge < -0.3 is 15.4 Å². The number of hydrogen-bond donors (Lipinski definition) is 1. The van der Waals surface area contributed by atoms with Gasteiger partial charge in [-0.25, -0.2) is 0 Å². The van der Waals surface area contributed by atoms with E-state index < -0.39 is 0 Å². The molecule has 0 amide bonds. The normalized spacial score (nSPS) is 19.6. The van der Waals surface area contributed by atoms with Crippen molar-refractivity contribution >= 4 is 5.96 Å². The zero-order valence-corrected chi connectivity index (χ0v) is 13.2. The molecule has 1 atom stereocenters. The molecule has 0 saturated carbocycles. The first-order valence-corrected chi connectivity index (χ1v) is 7.90. The summed E-state index contributed by atoms with van der Waals surface area (Å²) in [6.07, 6.45) is 3.40. The van der Waals surface area contributed by atoms with Crippen molar-refractivity contribution < 1.29 is 4.74 Å². The molecule has 0 spiro atoms. The van der Waals surface area contributed by atoms with Crippen LogP contribution >= 0.6 is 0 Å². The third-order valence-corrected chi connectivity index (χ3v) is 3.91. The monoisotopic (exact) mass is 289 g/mol. The Labute approximate surface area is 128 Å². The molecule has 0 bridgehead atoms. The van der Waals surface area contributed by atoms with Gasteiger partial charge in [-0.2, -0.15) is 0 Å². The van der Waals surface area contributed by atoms with E-state index in [1.54, 1.807) is 0 Å². The fourth-order valence-electron chi connectivity index (χ4n) is 2.66. The van der Waals surface area contributed by atoms with E-state index in [0.717, 1.165) is 37.7 Å². The molecule has 21 heavy (non-hydrogen) atoms. The Morgan fingerprint density at radius 1 is 1.43 bits per heavy atom. The van der Waals surface area contributed by atoms with Gasteiger partial charge in [-0.15, -0.1) is 0 Å².